The van der Waals surface area contributed by atoms with Crippen LogP contribution in [-0.2, 0) is 4.79 Å². The molecular formula is C14H18N2O4. The summed E-state index contributed by atoms with van der Waals surface area (Å²) in [5, 5.41) is 13.8. The van der Waals surface area contributed by atoms with Gasteiger partial charge in [0.25, 0.3) is 11.8 Å². The van der Waals surface area contributed by atoms with Crippen LogP contribution in [0.2, 0.25) is 0 Å². The van der Waals surface area contributed by atoms with Crippen molar-refractivity contribution in [3.63, 3.8) is 0 Å². The van der Waals surface area contributed by atoms with Crippen molar-refractivity contribution in [3.05, 3.63) is 35.4 Å². The van der Waals surface area contributed by atoms with Crippen LogP contribution >= 0.6 is 0 Å². The van der Waals surface area contributed by atoms with Crippen LogP contribution in [-0.4, -0.2) is 36.5 Å². The normalized spacial score (nSPS) is 11.5. The van der Waals surface area contributed by atoms with Crippen LogP contribution in [0.5, 0.6) is 0 Å². The van der Waals surface area contributed by atoms with E-state index in [1.54, 1.807) is 25.1 Å². The summed E-state index contributed by atoms with van der Waals surface area (Å²) in [6.45, 7) is 2.02. The first-order valence-electron chi connectivity index (χ1n) is 6.26. The second-order valence-corrected chi connectivity index (χ2v) is 4.57. The largest absolute Gasteiger partial charge is 0.481 e. The number of carboxylic acid groups (broad SMARTS) is 1. The third-order valence-electron chi connectivity index (χ3n) is 2.75. The topological polar surface area (TPSA) is 95.5 Å². The predicted molar refractivity (Wildman–Crippen MR) is 73.6 cm³/mol. The van der Waals surface area contributed by atoms with E-state index in [-0.39, 0.29) is 30.7 Å². The van der Waals surface area contributed by atoms with Gasteiger partial charge in [-0.3, -0.25) is 14.4 Å². The number of hydrogen-bond donors (Lipinski definition) is 3. The summed E-state index contributed by atoms with van der Waals surface area (Å²) in [6, 6.07) is 6.34. The van der Waals surface area contributed by atoms with Gasteiger partial charge in [-0.15, -0.1) is 0 Å². The fourth-order valence-corrected chi connectivity index (χ4v) is 1.69. The number of benzene rings is 1. The van der Waals surface area contributed by atoms with Crippen molar-refractivity contribution in [3.8, 4) is 0 Å². The van der Waals surface area contributed by atoms with E-state index < -0.39 is 5.97 Å². The molecule has 2 amide bonds. The number of rotatable bonds is 6. The lowest BCUT2D eigenvalue weighted by Crippen LogP contribution is -2.29. The summed E-state index contributed by atoms with van der Waals surface area (Å²) in [5.74, 6) is -1.64. The summed E-state index contributed by atoms with van der Waals surface area (Å²) >= 11 is 0. The zero-order valence-corrected chi connectivity index (χ0v) is 11.5. The van der Waals surface area contributed by atoms with Gasteiger partial charge in [0.15, 0.2) is 0 Å². The Hall–Kier alpha value is -2.37. The van der Waals surface area contributed by atoms with Gasteiger partial charge in [0, 0.05) is 31.1 Å². The van der Waals surface area contributed by atoms with Crippen molar-refractivity contribution >= 4 is 17.8 Å². The summed E-state index contributed by atoms with van der Waals surface area (Å²) in [5.41, 5.74) is 0.771. The Bertz CT molecular complexity index is 514. The molecule has 0 aliphatic carbocycles. The van der Waals surface area contributed by atoms with Crippen LogP contribution in [0, 0.1) is 5.92 Å². The van der Waals surface area contributed by atoms with Gasteiger partial charge in [0.2, 0.25) is 0 Å². The lowest BCUT2D eigenvalue weighted by molar-refractivity contribution is -0.137. The smallest absolute Gasteiger partial charge is 0.303 e. The molecule has 108 valence electrons. The van der Waals surface area contributed by atoms with Crippen molar-refractivity contribution in [2.45, 2.75) is 13.3 Å². The molecule has 0 heterocycles. The van der Waals surface area contributed by atoms with E-state index in [0.29, 0.717) is 11.1 Å². The van der Waals surface area contributed by atoms with E-state index in [2.05, 4.69) is 10.6 Å². The Morgan fingerprint density at radius 1 is 1.20 bits per heavy atom. The Balaban J connectivity index is 2.64. The second kappa shape index (κ2) is 7.28. The van der Waals surface area contributed by atoms with Crippen molar-refractivity contribution in [1.82, 2.24) is 10.6 Å². The summed E-state index contributed by atoms with van der Waals surface area (Å²) in [6.07, 6.45) is -0.00143. The molecule has 0 spiro atoms. The summed E-state index contributed by atoms with van der Waals surface area (Å²) in [7, 11) is 1.52. The lowest BCUT2D eigenvalue weighted by Gasteiger charge is -2.10. The number of carboxylic acids is 1. The molecule has 0 bridgehead atoms. The fraction of sp³-hybridized carbons (Fsp3) is 0.357. The Morgan fingerprint density at radius 3 is 2.35 bits per heavy atom. The first-order chi connectivity index (χ1) is 9.43. The number of aliphatic carboxylic acids is 1. The average Bonchev–Trinajstić information content (AvgIpc) is 2.43. The van der Waals surface area contributed by atoms with Crippen LogP contribution in [0.15, 0.2) is 24.3 Å². The highest BCUT2D eigenvalue weighted by atomic mass is 16.4. The van der Waals surface area contributed by atoms with Gasteiger partial charge in [-0.05, 0) is 24.1 Å². The van der Waals surface area contributed by atoms with Crippen LogP contribution in [0.1, 0.15) is 34.1 Å². The minimum atomic E-state index is -0.895. The Morgan fingerprint density at radius 2 is 1.80 bits per heavy atom. The van der Waals surface area contributed by atoms with Crippen molar-refractivity contribution in [2.75, 3.05) is 13.6 Å². The van der Waals surface area contributed by atoms with E-state index >= 15 is 0 Å². The highest BCUT2D eigenvalue weighted by Gasteiger charge is 2.12. The van der Waals surface area contributed by atoms with E-state index in [0.717, 1.165) is 0 Å². The van der Waals surface area contributed by atoms with Gasteiger partial charge >= 0.3 is 5.97 Å². The van der Waals surface area contributed by atoms with Crippen LogP contribution in [0.25, 0.3) is 0 Å². The van der Waals surface area contributed by atoms with Gasteiger partial charge in [-0.25, -0.2) is 0 Å². The quantitative estimate of drug-likeness (QED) is 0.720. The van der Waals surface area contributed by atoms with Gasteiger partial charge in [-0.2, -0.15) is 0 Å². The molecular weight excluding hydrogens is 260 g/mol. The Kier molecular flexibility index (Phi) is 5.71. The summed E-state index contributed by atoms with van der Waals surface area (Å²) < 4.78 is 0. The molecule has 3 N–H and O–H groups in total. The van der Waals surface area contributed by atoms with Crippen LogP contribution in [0.3, 0.4) is 0 Å². The van der Waals surface area contributed by atoms with Crippen molar-refractivity contribution in [2.24, 2.45) is 5.92 Å². The number of amides is 2. The zero-order chi connectivity index (χ0) is 15.1. The van der Waals surface area contributed by atoms with Crippen LogP contribution in [0.4, 0.5) is 0 Å². The SMILES string of the molecule is CNC(=O)c1cccc(C(=O)NCC(C)CC(=O)O)c1. The van der Waals surface area contributed by atoms with E-state index in [4.69, 9.17) is 5.11 Å². The van der Waals surface area contributed by atoms with E-state index in [1.807, 2.05) is 0 Å². The molecule has 1 aromatic rings. The number of carbonyl (C=O) groups is 3. The standard InChI is InChI=1S/C14H18N2O4/c1-9(6-12(17)18)8-16-14(20)11-5-3-4-10(7-11)13(19)15-2/h3-5,7,9H,6,8H2,1-2H3,(H,15,19)(H,16,20)(H,17,18). The van der Waals surface area contributed by atoms with Gasteiger partial charge in [-0.1, -0.05) is 13.0 Å². The molecule has 0 aliphatic rings. The van der Waals surface area contributed by atoms with Crippen molar-refractivity contribution in [1.29, 1.82) is 0 Å². The average molecular weight is 278 g/mol. The molecule has 0 saturated heterocycles. The van der Waals surface area contributed by atoms with Gasteiger partial charge < -0.3 is 15.7 Å². The van der Waals surface area contributed by atoms with Crippen LogP contribution < -0.4 is 10.6 Å². The molecule has 1 unspecified atom stereocenters. The molecule has 0 saturated carbocycles. The molecule has 1 atom stereocenters. The molecule has 0 fully saturated rings. The molecule has 0 aliphatic heterocycles. The second-order valence-electron chi connectivity index (χ2n) is 4.57. The maximum Gasteiger partial charge on any atom is 0.303 e. The monoisotopic (exact) mass is 278 g/mol. The fourth-order valence-electron chi connectivity index (χ4n) is 1.69. The third-order valence-corrected chi connectivity index (χ3v) is 2.75. The number of carbonyl (C=O) groups excluding carboxylic acids is 2. The van der Waals surface area contributed by atoms with E-state index in [1.165, 1.54) is 13.1 Å². The third kappa shape index (κ3) is 4.72. The lowest BCUT2D eigenvalue weighted by atomic mass is 10.1. The maximum absolute atomic E-state index is 11.9. The Labute approximate surface area is 117 Å². The van der Waals surface area contributed by atoms with Gasteiger partial charge in [0.1, 0.15) is 0 Å². The molecule has 20 heavy (non-hydrogen) atoms. The minimum absolute atomic E-state index is 0.00143. The van der Waals surface area contributed by atoms with Crippen molar-refractivity contribution < 1.29 is 19.5 Å². The highest BCUT2D eigenvalue weighted by molar-refractivity contribution is 5.99. The predicted octanol–water partition coefficient (Wildman–Crippen LogP) is 0.887. The van der Waals surface area contributed by atoms with E-state index in [9.17, 15) is 14.4 Å². The number of hydrogen-bond acceptors (Lipinski definition) is 3. The molecule has 0 radical (unpaired) electrons. The maximum atomic E-state index is 11.9. The zero-order valence-electron chi connectivity index (χ0n) is 11.5. The highest BCUT2D eigenvalue weighted by Crippen LogP contribution is 2.06. The first-order valence-corrected chi connectivity index (χ1v) is 6.26. The molecule has 1 aromatic carbocycles. The molecule has 0 aromatic heterocycles. The summed E-state index contributed by atoms with van der Waals surface area (Å²) in [4.78, 5) is 33.9. The van der Waals surface area contributed by atoms with Gasteiger partial charge in [0.05, 0.1) is 0 Å². The number of nitrogens with one attached hydrogen (secondary N) is 2. The first kappa shape index (κ1) is 15.7. The molecule has 6 heteroatoms. The molecule has 6 nitrogen and oxygen atoms in total. The minimum Gasteiger partial charge on any atom is -0.481 e. The molecule has 1 rings (SSSR count).